The molecule has 0 saturated carbocycles. The standard InChI is InChI=1S/C15H16N4OS2/c1-10(2)15-16-7-12(22-15)14(20)18-13-3-5-17-19(13)8-11-4-6-21-9-11/h3-7,9-10H,8H2,1-2H3,(H,18,20). The summed E-state index contributed by atoms with van der Waals surface area (Å²) >= 11 is 3.08. The fourth-order valence-corrected chi connectivity index (χ4v) is 3.43. The van der Waals surface area contributed by atoms with Crippen LogP contribution in [0.15, 0.2) is 35.3 Å². The average molecular weight is 332 g/mol. The van der Waals surface area contributed by atoms with Gasteiger partial charge in [-0.1, -0.05) is 13.8 Å². The normalized spacial score (nSPS) is 11.0. The van der Waals surface area contributed by atoms with Crippen molar-refractivity contribution in [1.82, 2.24) is 14.8 Å². The third-order valence-electron chi connectivity index (χ3n) is 3.11. The van der Waals surface area contributed by atoms with E-state index in [0.717, 1.165) is 5.01 Å². The van der Waals surface area contributed by atoms with E-state index in [1.165, 1.54) is 16.9 Å². The molecule has 3 rings (SSSR count). The van der Waals surface area contributed by atoms with Crippen molar-refractivity contribution in [2.75, 3.05) is 5.32 Å². The number of nitrogens with zero attached hydrogens (tertiary/aromatic N) is 3. The lowest BCUT2D eigenvalue weighted by Crippen LogP contribution is -2.15. The molecule has 22 heavy (non-hydrogen) atoms. The molecule has 3 heterocycles. The molecule has 0 aliphatic heterocycles. The summed E-state index contributed by atoms with van der Waals surface area (Å²) in [5.41, 5.74) is 1.17. The second-order valence-electron chi connectivity index (χ2n) is 5.18. The van der Waals surface area contributed by atoms with Crippen LogP contribution in [0.25, 0.3) is 0 Å². The number of hydrogen-bond acceptors (Lipinski definition) is 5. The van der Waals surface area contributed by atoms with Crippen LogP contribution in [-0.2, 0) is 6.54 Å². The first-order valence-electron chi connectivity index (χ1n) is 6.93. The van der Waals surface area contributed by atoms with Crippen molar-refractivity contribution in [3.63, 3.8) is 0 Å². The Balaban J connectivity index is 1.72. The first kappa shape index (κ1) is 14.9. The van der Waals surface area contributed by atoms with Crippen LogP contribution in [0.1, 0.15) is 40.0 Å². The summed E-state index contributed by atoms with van der Waals surface area (Å²) in [7, 11) is 0. The van der Waals surface area contributed by atoms with Gasteiger partial charge in [0.05, 0.1) is 23.9 Å². The van der Waals surface area contributed by atoms with Crippen molar-refractivity contribution in [1.29, 1.82) is 0 Å². The number of rotatable bonds is 5. The molecule has 0 unspecified atom stereocenters. The lowest BCUT2D eigenvalue weighted by Gasteiger charge is -2.07. The van der Waals surface area contributed by atoms with E-state index in [1.54, 1.807) is 34.5 Å². The summed E-state index contributed by atoms with van der Waals surface area (Å²) in [6.45, 7) is 4.78. The van der Waals surface area contributed by atoms with E-state index in [4.69, 9.17) is 0 Å². The van der Waals surface area contributed by atoms with E-state index < -0.39 is 0 Å². The quantitative estimate of drug-likeness (QED) is 0.772. The summed E-state index contributed by atoms with van der Waals surface area (Å²) in [5.74, 6) is 0.878. The Bertz CT molecular complexity index is 758. The minimum atomic E-state index is -0.142. The maximum absolute atomic E-state index is 12.3. The number of nitrogens with one attached hydrogen (secondary N) is 1. The maximum atomic E-state index is 12.3. The van der Waals surface area contributed by atoms with E-state index >= 15 is 0 Å². The number of anilines is 1. The Morgan fingerprint density at radius 1 is 1.41 bits per heavy atom. The van der Waals surface area contributed by atoms with Crippen molar-refractivity contribution in [3.05, 3.63) is 50.7 Å². The zero-order valence-corrected chi connectivity index (χ0v) is 13.9. The highest BCUT2D eigenvalue weighted by molar-refractivity contribution is 7.13. The SMILES string of the molecule is CC(C)c1ncc(C(=O)Nc2ccnn2Cc2ccsc2)s1. The zero-order valence-electron chi connectivity index (χ0n) is 12.3. The fourth-order valence-electron chi connectivity index (χ4n) is 1.96. The predicted molar refractivity (Wildman–Crippen MR) is 89.8 cm³/mol. The first-order chi connectivity index (χ1) is 10.6. The van der Waals surface area contributed by atoms with Crippen LogP contribution < -0.4 is 5.32 Å². The Hall–Kier alpha value is -1.99. The molecule has 0 aliphatic rings. The largest absolute Gasteiger partial charge is 0.306 e. The minimum Gasteiger partial charge on any atom is -0.306 e. The first-order valence-corrected chi connectivity index (χ1v) is 8.69. The van der Waals surface area contributed by atoms with Gasteiger partial charge in [-0.2, -0.15) is 16.4 Å². The minimum absolute atomic E-state index is 0.142. The van der Waals surface area contributed by atoms with Gasteiger partial charge in [0.2, 0.25) is 0 Å². The molecule has 5 nitrogen and oxygen atoms in total. The zero-order chi connectivity index (χ0) is 15.5. The molecular formula is C15H16N4OS2. The van der Waals surface area contributed by atoms with Gasteiger partial charge in [0.1, 0.15) is 10.7 Å². The number of aromatic nitrogens is 3. The molecule has 0 bridgehead atoms. The number of thiophene rings is 1. The lowest BCUT2D eigenvalue weighted by atomic mass is 10.2. The van der Waals surface area contributed by atoms with Crippen LogP contribution in [0.3, 0.4) is 0 Å². The Kier molecular flexibility index (Phi) is 4.35. The predicted octanol–water partition coefficient (Wildman–Crippen LogP) is 3.83. The Morgan fingerprint density at radius 2 is 2.27 bits per heavy atom. The summed E-state index contributed by atoms with van der Waals surface area (Å²) in [4.78, 5) is 17.2. The number of hydrogen-bond donors (Lipinski definition) is 1. The molecule has 0 saturated heterocycles. The van der Waals surface area contributed by atoms with Gasteiger partial charge in [-0.25, -0.2) is 9.67 Å². The highest BCUT2D eigenvalue weighted by Gasteiger charge is 2.14. The van der Waals surface area contributed by atoms with Gasteiger partial charge in [0.15, 0.2) is 0 Å². The molecule has 0 aromatic carbocycles. The second-order valence-corrected chi connectivity index (χ2v) is 7.02. The number of thiazole rings is 1. The van der Waals surface area contributed by atoms with Crippen LogP contribution in [0, 0.1) is 0 Å². The summed E-state index contributed by atoms with van der Waals surface area (Å²) in [6.07, 6.45) is 3.32. The van der Waals surface area contributed by atoms with Crippen LogP contribution in [-0.4, -0.2) is 20.7 Å². The molecule has 114 valence electrons. The topological polar surface area (TPSA) is 59.8 Å². The van der Waals surface area contributed by atoms with Gasteiger partial charge in [0.25, 0.3) is 5.91 Å². The van der Waals surface area contributed by atoms with Crippen molar-refractivity contribution in [2.45, 2.75) is 26.3 Å². The highest BCUT2D eigenvalue weighted by atomic mass is 32.1. The molecule has 0 radical (unpaired) electrons. The summed E-state index contributed by atoms with van der Waals surface area (Å²) in [6, 6.07) is 3.85. The lowest BCUT2D eigenvalue weighted by molar-refractivity contribution is 0.102. The third kappa shape index (κ3) is 3.26. The van der Waals surface area contributed by atoms with E-state index in [1.807, 2.05) is 5.38 Å². The van der Waals surface area contributed by atoms with E-state index in [2.05, 4.69) is 40.7 Å². The van der Waals surface area contributed by atoms with E-state index in [-0.39, 0.29) is 5.91 Å². The Morgan fingerprint density at radius 3 is 2.95 bits per heavy atom. The molecule has 0 atom stereocenters. The molecule has 1 N–H and O–H groups in total. The van der Waals surface area contributed by atoms with Gasteiger partial charge >= 0.3 is 0 Å². The van der Waals surface area contributed by atoms with Gasteiger partial charge in [-0.05, 0) is 22.4 Å². The van der Waals surface area contributed by atoms with Gasteiger partial charge in [0, 0.05) is 12.0 Å². The third-order valence-corrected chi connectivity index (χ3v) is 5.14. The monoisotopic (exact) mass is 332 g/mol. The van der Waals surface area contributed by atoms with Gasteiger partial charge in [-0.3, -0.25) is 4.79 Å². The number of carbonyl (C=O) groups excluding carboxylic acids is 1. The summed E-state index contributed by atoms with van der Waals surface area (Å²) in [5, 5.41) is 12.2. The van der Waals surface area contributed by atoms with Gasteiger partial charge in [-0.15, -0.1) is 11.3 Å². The van der Waals surface area contributed by atoms with Crippen LogP contribution in [0.2, 0.25) is 0 Å². The van der Waals surface area contributed by atoms with E-state index in [9.17, 15) is 4.79 Å². The van der Waals surface area contributed by atoms with Crippen molar-refractivity contribution >= 4 is 34.4 Å². The van der Waals surface area contributed by atoms with Crippen molar-refractivity contribution in [2.24, 2.45) is 0 Å². The maximum Gasteiger partial charge on any atom is 0.268 e. The molecule has 3 aromatic rings. The average Bonchev–Trinajstić information content (AvgIpc) is 3.21. The highest BCUT2D eigenvalue weighted by Crippen LogP contribution is 2.22. The summed E-state index contributed by atoms with van der Waals surface area (Å²) < 4.78 is 1.78. The molecule has 0 aliphatic carbocycles. The fraction of sp³-hybridized carbons (Fsp3) is 0.267. The van der Waals surface area contributed by atoms with E-state index in [0.29, 0.717) is 23.2 Å². The smallest absolute Gasteiger partial charge is 0.268 e. The Labute approximate surface area is 136 Å². The molecular weight excluding hydrogens is 316 g/mol. The van der Waals surface area contributed by atoms with Crippen molar-refractivity contribution in [3.8, 4) is 0 Å². The van der Waals surface area contributed by atoms with Gasteiger partial charge < -0.3 is 5.32 Å². The van der Waals surface area contributed by atoms with Crippen LogP contribution >= 0.6 is 22.7 Å². The number of carbonyl (C=O) groups is 1. The molecule has 7 heteroatoms. The number of amides is 1. The molecule has 0 spiro atoms. The molecule has 3 aromatic heterocycles. The van der Waals surface area contributed by atoms with Crippen LogP contribution in [0.5, 0.6) is 0 Å². The van der Waals surface area contributed by atoms with Crippen LogP contribution in [0.4, 0.5) is 5.82 Å². The molecule has 1 amide bonds. The molecule has 0 fully saturated rings. The van der Waals surface area contributed by atoms with Crippen molar-refractivity contribution < 1.29 is 4.79 Å². The second kappa shape index (κ2) is 6.41.